The lowest BCUT2D eigenvalue weighted by Gasteiger charge is -2.25. The molecule has 0 aromatic carbocycles. The van der Waals surface area contributed by atoms with Crippen LogP contribution >= 0.6 is 0 Å². The molecule has 0 aliphatic carbocycles. The Kier molecular flexibility index (Phi) is 5.92. The summed E-state index contributed by atoms with van der Waals surface area (Å²) in [5.74, 6) is 0.0583. The zero-order valence-corrected chi connectivity index (χ0v) is 11.0. The number of nitrogens with one attached hydrogen (secondary N) is 1. The zero-order valence-electron chi connectivity index (χ0n) is 11.0. The molecule has 1 saturated heterocycles. The van der Waals surface area contributed by atoms with Crippen molar-refractivity contribution in [2.75, 3.05) is 19.8 Å². The number of ether oxygens (including phenoxy) is 1. The van der Waals surface area contributed by atoms with Gasteiger partial charge in [0.2, 0.25) is 5.91 Å². The molecule has 0 radical (unpaired) electrons. The number of rotatable bonds is 6. The molecule has 0 bridgehead atoms. The normalized spacial score (nSPS) is 21.2. The molecule has 1 unspecified atom stereocenters. The van der Waals surface area contributed by atoms with Crippen molar-refractivity contribution in [2.45, 2.75) is 52.1 Å². The summed E-state index contributed by atoms with van der Waals surface area (Å²) in [5, 5.41) is 11.8. The second kappa shape index (κ2) is 6.97. The lowest BCUT2D eigenvalue weighted by molar-refractivity contribution is -0.125. The van der Waals surface area contributed by atoms with Crippen molar-refractivity contribution in [1.29, 1.82) is 0 Å². The third-order valence-corrected chi connectivity index (χ3v) is 3.24. The van der Waals surface area contributed by atoms with Gasteiger partial charge in [-0.15, -0.1) is 0 Å². The Bertz CT molecular complexity index is 235. The highest BCUT2D eigenvalue weighted by Crippen LogP contribution is 2.19. The average molecular weight is 243 g/mol. The molecular weight excluding hydrogens is 218 g/mol. The highest BCUT2D eigenvalue weighted by molar-refractivity contribution is 5.76. The quantitative estimate of drug-likeness (QED) is 0.742. The topological polar surface area (TPSA) is 58.6 Å². The molecule has 0 aromatic rings. The summed E-state index contributed by atoms with van der Waals surface area (Å²) in [7, 11) is 0. The zero-order chi connectivity index (χ0) is 12.7. The van der Waals surface area contributed by atoms with Crippen molar-refractivity contribution in [3.8, 4) is 0 Å². The first-order valence-corrected chi connectivity index (χ1v) is 6.53. The molecule has 1 heterocycles. The smallest absolute Gasteiger partial charge is 0.222 e. The third-order valence-electron chi connectivity index (χ3n) is 3.24. The minimum atomic E-state index is -0.0438. The van der Waals surface area contributed by atoms with Gasteiger partial charge in [0.15, 0.2) is 0 Å². The maximum Gasteiger partial charge on any atom is 0.222 e. The molecule has 0 saturated carbocycles. The van der Waals surface area contributed by atoms with Crippen molar-refractivity contribution in [2.24, 2.45) is 5.41 Å². The van der Waals surface area contributed by atoms with Gasteiger partial charge in [-0.25, -0.2) is 0 Å². The van der Waals surface area contributed by atoms with Crippen LogP contribution in [0.3, 0.4) is 0 Å². The summed E-state index contributed by atoms with van der Waals surface area (Å²) in [6, 6.07) is 0. The summed E-state index contributed by atoms with van der Waals surface area (Å²) in [6.45, 7) is 5.64. The van der Waals surface area contributed by atoms with Crippen LogP contribution in [0, 0.1) is 5.41 Å². The summed E-state index contributed by atoms with van der Waals surface area (Å²) >= 11 is 0. The van der Waals surface area contributed by atoms with Gasteiger partial charge in [-0.05, 0) is 31.1 Å². The van der Waals surface area contributed by atoms with Crippen LogP contribution in [0.5, 0.6) is 0 Å². The number of amides is 1. The van der Waals surface area contributed by atoms with E-state index in [1.165, 1.54) is 0 Å². The van der Waals surface area contributed by atoms with Crippen LogP contribution < -0.4 is 5.32 Å². The summed E-state index contributed by atoms with van der Waals surface area (Å²) in [5.41, 5.74) is -0.0438. The van der Waals surface area contributed by atoms with E-state index >= 15 is 0 Å². The molecule has 100 valence electrons. The predicted octanol–water partition coefficient (Wildman–Crippen LogP) is 1.47. The van der Waals surface area contributed by atoms with Gasteiger partial charge in [-0.3, -0.25) is 4.79 Å². The molecule has 2 N–H and O–H groups in total. The molecule has 17 heavy (non-hydrogen) atoms. The van der Waals surface area contributed by atoms with Crippen molar-refractivity contribution in [3.63, 3.8) is 0 Å². The van der Waals surface area contributed by atoms with Gasteiger partial charge in [0.25, 0.3) is 0 Å². The van der Waals surface area contributed by atoms with E-state index < -0.39 is 0 Å². The lowest BCUT2D eigenvalue weighted by Crippen LogP contribution is -2.37. The van der Waals surface area contributed by atoms with E-state index in [1.54, 1.807) is 0 Å². The molecule has 1 atom stereocenters. The van der Waals surface area contributed by atoms with E-state index in [4.69, 9.17) is 9.84 Å². The molecule has 1 fully saturated rings. The van der Waals surface area contributed by atoms with Crippen molar-refractivity contribution in [3.05, 3.63) is 0 Å². The first-order valence-electron chi connectivity index (χ1n) is 6.53. The molecule has 1 rings (SSSR count). The maximum absolute atomic E-state index is 11.7. The second-order valence-electron chi connectivity index (χ2n) is 5.61. The Morgan fingerprint density at radius 3 is 2.82 bits per heavy atom. The third kappa shape index (κ3) is 6.03. The fourth-order valence-electron chi connectivity index (χ4n) is 1.98. The van der Waals surface area contributed by atoms with Gasteiger partial charge in [0, 0.05) is 19.8 Å². The molecule has 0 spiro atoms. The van der Waals surface area contributed by atoms with Crippen LogP contribution in [-0.2, 0) is 9.53 Å². The number of hydrogen-bond donors (Lipinski definition) is 2. The second-order valence-corrected chi connectivity index (χ2v) is 5.61. The Morgan fingerprint density at radius 2 is 2.24 bits per heavy atom. The molecule has 4 heteroatoms. The van der Waals surface area contributed by atoms with Gasteiger partial charge in [0.1, 0.15) is 0 Å². The minimum absolute atomic E-state index is 0.0438. The van der Waals surface area contributed by atoms with Crippen LogP contribution in [0.4, 0.5) is 0 Å². The molecular formula is C13H25NO3. The summed E-state index contributed by atoms with van der Waals surface area (Å²) < 4.78 is 5.53. The van der Waals surface area contributed by atoms with Gasteiger partial charge < -0.3 is 15.2 Å². The van der Waals surface area contributed by atoms with Gasteiger partial charge in [0.05, 0.1) is 12.5 Å². The Labute approximate surface area is 104 Å². The highest BCUT2D eigenvalue weighted by atomic mass is 16.5. The van der Waals surface area contributed by atoms with Crippen LogP contribution in [-0.4, -0.2) is 36.9 Å². The first kappa shape index (κ1) is 14.5. The van der Waals surface area contributed by atoms with Crippen LogP contribution in [0.15, 0.2) is 0 Å². The standard InChI is InChI=1S/C13H25NO3/c1-13(2,6-7-15)10-14-12(16)9-11-5-3-4-8-17-11/h11,15H,3-10H2,1-2H3,(H,14,16). The minimum Gasteiger partial charge on any atom is -0.396 e. The highest BCUT2D eigenvalue weighted by Gasteiger charge is 2.21. The first-order chi connectivity index (χ1) is 8.03. The monoisotopic (exact) mass is 243 g/mol. The molecule has 1 amide bonds. The van der Waals surface area contributed by atoms with Gasteiger partial charge in [-0.1, -0.05) is 13.8 Å². The summed E-state index contributed by atoms with van der Waals surface area (Å²) in [6.07, 6.45) is 4.54. The van der Waals surface area contributed by atoms with Crippen LogP contribution in [0.25, 0.3) is 0 Å². The molecule has 1 aliphatic heterocycles. The SMILES string of the molecule is CC(C)(CCO)CNC(=O)CC1CCCCO1. The van der Waals surface area contributed by atoms with E-state index in [0.717, 1.165) is 25.9 Å². The fraction of sp³-hybridized carbons (Fsp3) is 0.923. The van der Waals surface area contributed by atoms with E-state index in [1.807, 2.05) is 13.8 Å². The van der Waals surface area contributed by atoms with E-state index in [2.05, 4.69) is 5.32 Å². The van der Waals surface area contributed by atoms with E-state index in [9.17, 15) is 4.79 Å². The van der Waals surface area contributed by atoms with E-state index in [0.29, 0.717) is 19.4 Å². The Balaban J connectivity index is 2.20. The lowest BCUT2D eigenvalue weighted by atomic mass is 9.89. The Hall–Kier alpha value is -0.610. The number of hydrogen-bond acceptors (Lipinski definition) is 3. The van der Waals surface area contributed by atoms with Crippen LogP contribution in [0.1, 0.15) is 46.0 Å². The van der Waals surface area contributed by atoms with Gasteiger partial charge >= 0.3 is 0 Å². The fourth-order valence-corrected chi connectivity index (χ4v) is 1.98. The van der Waals surface area contributed by atoms with E-state index in [-0.39, 0.29) is 24.0 Å². The largest absolute Gasteiger partial charge is 0.396 e. The molecule has 4 nitrogen and oxygen atoms in total. The van der Waals surface area contributed by atoms with Gasteiger partial charge in [-0.2, -0.15) is 0 Å². The number of aliphatic hydroxyl groups is 1. The van der Waals surface area contributed by atoms with Crippen molar-refractivity contribution < 1.29 is 14.6 Å². The molecule has 0 aromatic heterocycles. The average Bonchev–Trinajstić information content (AvgIpc) is 2.28. The van der Waals surface area contributed by atoms with Crippen LogP contribution in [0.2, 0.25) is 0 Å². The van der Waals surface area contributed by atoms with Crippen molar-refractivity contribution in [1.82, 2.24) is 5.32 Å². The Morgan fingerprint density at radius 1 is 1.47 bits per heavy atom. The number of carbonyl (C=O) groups excluding carboxylic acids is 1. The number of aliphatic hydroxyl groups excluding tert-OH is 1. The molecule has 1 aliphatic rings. The number of carbonyl (C=O) groups is 1. The maximum atomic E-state index is 11.7. The van der Waals surface area contributed by atoms with Crippen molar-refractivity contribution >= 4 is 5.91 Å². The summed E-state index contributed by atoms with van der Waals surface area (Å²) in [4.78, 5) is 11.7. The predicted molar refractivity (Wildman–Crippen MR) is 66.7 cm³/mol.